The number of aromatic hydroxyl groups is 1. The number of carboxylic acids is 1. The first-order chi connectivity index (χ1) is 16.1. The number of fused-ring (bicyclic) bond motifs is 1. The van der Waals surface area contributed by atoms with Gasteiger partial charge in [0.05, 0.1) is 12.8 Å². The number of benzene rings is 2. The lowest BCUT2D eigenvalue weighted by molar-refractivity contribution is -0.192. The van der Waals surface area contributed by atoms with E-state index in [0.29, 0.717) is 18.7 Å². The van der Waals surface area contributed by atoms with Gasteiger partial charge in [0.2, 0.25) is 0 Å². The molecule has 1 aliphatic rings. The molecule has 1 aliphatic heterocycles. The van der Waals surface area contributed by atoms with Crippen LogP contribution >= 0.6 is 0 Å². The van der Waals surface area contributed by atoms with Crippen LogP contribution in [-0.2, 0) is 17.6 Å². The second-order valence-electron chi connectivity index (χ2n) is 7.37. The number of aromatic nitrogens is 2. The number of phenolic OH excluding ortho intramolecular Hbond substituents is 1. The van der Waals surface area contributed by atoms with Gasteiger partial charge in [-0.15, -0.1) is 0 Å². The number of carbonyl (C=O) groups is 2. The molecule has 0 saturated carbocycles. The lowest BCUT2D eigenvalue weighted by Gasteiger charge is -2.20. The van der Waals surface area contributed by atoms with Crippen LogP contribution in [0, 0.1) is 0 Å². The van der Waals surface area contributed by atoms with Gasteiger partial charge >= 0.3 is 12.1 Å². The Kier molecular flexibility index (Phi) is 7.44. The van der Waals surface area contributed by atoms with Gasteiger partial charge in [0.1, 0.15) is 11.5 Å². The molecule has 34 heavy (non-hydrogen) atoms. The number of nitrogens with zero attached hydrogens (tertiary/aromatic N) is 2. The summed E-state index contributed by atoms with van der Waals surface area (Å²) in [5.74, 6) is -1.84. The standard InChI is InChI=1S/C21H21N3O3.C2HF3O2/c1-27-19-5-3-2-4-17(19)20-16-10-12-24(13-11-18(16)22-23-20)21(26)14-6-8-15(25)9-7-14;3-2(4,5)1(6)7/h2-9,25H,10-13H2,1H3,(H,22,23);(H,6,7). The van der Waals surface area contributed by atoms with Crippen LogP contribution < -0.4 is 4.74 Å². The summed E-state index contributed by atoms with van der Waals surface area (Å²) in [7, 11) is 1.65. The molecule has 0 spiro atoms. The van der Waals surface area contributed by atoms with Crippen LogP contribution in [-0.4, -0.2) is 63.6 Å². The Labute approximate surface area is 192 Å². The van der Waals surface area contributed by atoms with Crippen molar-refractivity contribution < 1.29 is 37.7 Å². The molecule has 0 aliphatic carbocycles. The predicted octanol–water partition coefficient (Wildman–Crippen LogP) is 3.67. The number of phenols is 1. The minimum atomic E-state index is -5.08. The van der Waals surface area contributed by atoms with Crippen LogP contribution in [0.15, 0.2) is 48.5 Å². The maximum absolute atomic E-state index is 12.8. The van der Waals surface area contributed by atoms with Crippen LogP contribution in [0.4, 0.5) is 13.2 Å². The SMILES string of the molecule is COc1ccccc1-c1n[nH]c2c1CCN(C(=O)c1ccc(O)cc1)CC2.O=C(O)C(F)(F)F. The number of hydrogen-bond acceptors (Lipinski definition) is 5. The van der Waals surface area contributed by atoms with Crippen LogP contribution in [0.25, 0.3) is 11.3 Å². The third-order valence-electron chi connectivity index (χ3n) is 5.22. The fraction of sp³-hybridized carbons (Fsp3) is 0.261. The molecular formula is C23H22F3N3O5. The quantitative estimate of drug-likeness (QED) is 0.530. The highest BCUT2D eigenvalue weighted by Crippen LogP contribution is 2.33. The van der Waals surface area contributed by atoms with Gasteiger partial charge in [-0.3, -0.25) is 9.89 Å². The zero-order valence-corrected chi connectivity index (χ0v) is 18.1. The number of para-hydroxylation sites is 1. The summed E-state index contributed by atoms with van der Waals surface area (Å²) < 4.78 is 37.2. The highest BCUT2D eigenvalue weighted by molar-refractivity contribution is 5.94. The van der Waals surface area contributed by atoms with E-state index in [9.17, 15) is 23.1 Å². The number of carbonyl (C=O) groups excluding carboxylic acids is 1. The molecule has 0 fully saturated rings. The van der Waals surface area contributed by atoms with E-state index in [1.807, 2.05) is 29.2 Å². The summed E-state index contributed by atoms with van der Waals surface area (Å²) in [4.78, 5) is 23.5. The van der Waals surface area contributed by atoms with Crippen molar-refractivity contribution >= 4 is 11.9 Å². The second kappa shape index (κ2) is 10.3. The van der Waals surface area contributed by atoms with Crippen LogP contribution in [0.2, 0.25) is 0 Å². The largest absolute Gasteiger partial charge is 0.508 e. The van der Waals surface area contributed by atoms with Gasteiger partial charge in [0.25, 0.3) is 5.91 Å². The molecule has 11 heteroatoms. The molecule has 0 bridgehead atoms. The van der Waals surface area contributed by atoms with Crippen LogP contribution in [0.5, 0.6) is 11.5 Å². The molecule has 0 unspecified atom stereocenters. The zero-order valence-electron chi connectivity index (χ0n) is 18.1. The first kappa shape index (κ1) is 24.6. The number of rotatable bonds is 3. The molecule has 1 aromatic heterocycles. The summed E-state index contributed by atoms with van der Waals surface area (Å²) in [6.45, 7) is 1.24. The van der Waals surface area contributed by atoms with E-state index in [1.165, 1.54) is 12.1 Å². The third kappa shape index (κ3) is 5.66. The number of aliphatic carboxylic acids is 1. The highest BCUT2D eigenvalue weighted by atomic mass is 19.4. The third-order valence-corrected chi connectivity index (χ3v) is 5.22. The van der Waals surface area contributed by atoms with Crippen molar-refractivity contribution in [3.63, 3.8) is 0 Å². The average Bonchev–Trinajstić information content (AvgIpc) is 3.09. The van der Waals surface area contributed by atoms with Crippen molar-refractivity contribution in [3.8, 4) is 22.8 Å². The van der Waals surface area contributed by atoms with Crippen molar-refractivity contribution in [2.75, 3.05) is 20.2 Å². The number of amides is 1. The normalized spacial score (nSPS) is 13.2. The minimum absolute atomic E-state index is 0.0213. The Morgan fingerprint density at radius 1 is 1.06 bits per heavy atom. The van der Waals surface area contributed by atoms with E-state index in [2.05, 4.69) is 10.2 Å². The number of nitrogens with one attached hydrogen (secondary N) is 1. The molecular weight excluding hydrogens is 455 g/mol. The first-order valence-electron chi connectivity index (χ1n) is 10.2. The molecule has 8 nitrogen and oxygen atoms in total. The van der Waals surface area contributed by atoms with E-state index < -0.39 is 12.1 Å². The minimum Gasteiger partial charge on any atom is -0.508 e. The topological polar surface area (TPSA) is 116 Å². The lowest BCUT2D eigenvalue weighted by atomic mass is 10.0. The van der Waals surface area contributed by atoms with Crippen LogP contribution in [0.1, 0.15) is 21.6 Å². The maximum Gasteiger partial charge on any atom is 0.490 e. The van der Waals surface area contributed by atoms with Gasteiger partial charge in [-0.25, -0.2) is 4.79 Å². The number of aromatic amines is 1. The second-order valence-corrected chi connectivity index (χ2v) is 7.37. The fourth-order valence-electron chi connectivity index (χ4n) is 3.54. The lowest BCUT2D eigenvalue weighted by Crippen LogP contribution is -2.33. The molecule has 4 rings (SSSR count). The van der Waals surface area contributed by atoms with Gasteiger partial charge < -0.3 is 19.8 Å². The molecule has 0 atom stereocenters. The molecule has 2 aromatic carbocycles. The van der Waals surface area contributed by atoms with E-state index >= 15 is 0 Å². The van der Waals surface area contributed by atoms with E-state index in [1.54, 1.807) is 19.2 Å². The first-order valence-corrected chi connectivity index (χ1v) is 10.2. The van der Waals surface area contributed by atoms with E-state index in [0.717, 1.165) is 41.1 Å². The van der Waals surface area contributed by atoms with E-state index in [4.69, 9.17) is 14.6 Å². The number of methoxy groups -OCH3 is 1. The summed E-state index contributed by atoms with van der Waals surface area (Å²) in [5, 5.41) is 24.2. The molecule has 1 amide bonds. The molecule has 3 N–H and O–H groups in total. The number of carboxylic acid groups (broad SMARTS) is 1. The van der Waals surface area contributed by atoms with E-state index in [-0.39, 0.29) is 11.7 Å². The fourth-order valence-corrected chi connectivity index (χ4v) is 3.54. The number of H-pyrrole nitrogens is 1. The monoisotopic (exact) mass is 477 g/mol. The molecule has 3 aromatic rings. The Balaban J connectivity index is 0.000000406. The summed E-state index contributed by atoms with van der Waals surface area (Å²) in [6, 6.07) is 14.2. The van der Waals surface area contributed by atoms with Crippen molar-refractivity contribution in [2.45, 2.75) is 19.0 Å². The van der Waals surface area contributed by atoms with Crippen molar-refractivity contribution in [2.24, 2.45) is 0 Å². The zero-order chi connectivity index (χ0) is 24.9. The molecule has 0 radical (unpaired) electrons. The predicted molar refractivity (Wildman–Crippen MR) is 116 cm³/mol. The maximum atomic E-state index is 12.8. The Morgan fingerprint density at radius 2 is 1.68 bits per heavy atom. The van der Waals surface area contributed by atoms with Gasteiger partial charge in [-0.2, -0.15) is 18.3 Å². The average molecular weight is 477 g/mol. The number of alkyl halides is 3. The number of ether oxygens (including phenoxy) is 1. The summed E-state index contributed by atoms with van der Waals surface area (Å²) in [6.07, 6.45) is -3.63. The van der Waals surface area contributed by atoms with Gasteiger partial charge in [0.15, 0.2) is 0 Å². The molecule has 2 heterocycles. The summed E-state index contributed by atoms with van der Waals surface area (Å²) >= 11 is 0. The molecule has 0 saturated heterocycles. The highest BCUT2D eigenvalue weighted by Gasteiger charge is 2.38. The Morgan fingerprint density at radius 3 is 2.29 bits per heavy atom. The van der Waals surface area contributed by atoms with Crippen LogP contribution in [0.3, 0.4) is 0 Å². The smallest absolute Gasteiger partial charge is 0.490 e. The van der Waals surface area contributed by atoms with Gasteiger partial charge in [-0.05, 0) is 42.8 Å². The summed E-state index contributed by atoms with van der Waals surface area (Å²) in [5.41, 5.74) is 4.64. The van der Waals surface area contributed by atoms with Crippen molar-refractivity contribution in [1.82, 2.24) is 15.1 Å². The van der Waals surface area contributed by atoms with Gasteiger partial charge in [0, 0.05) is 41.9 Å². The molecule has 180 valence electrons. The van der Waals surface area contributed by atoms with Crippen molar-refractivity contribution in [1.29, 1.82) is 0 Å². The number of halogens is 3. The van der Waals surface area contributed by atoms with Crippen molar-refractivity contribution in [3.05, 3.63) is 65.4 Å². The Hall–Kier alpha value is -4.02. The Bertz CT molecular complexity index is 1160. The number of hydrogen-bond donors (Lipinski definition) is 3. The van der Waals surface area contributed by atoms with Gasteiger partial charge in [-0.1, -0.05) is 12.1 Å².